The van der Waals surface area contributed by atoms with E-state index in [1.54, 1.807) is 7.11 Å². The van der Waals surface area contributed by atoms with Crippen molar-refractivity contribution < 1.29 is 9.57 Å². The first-order valence-corrected chi connectivity index (χ1v) is 2.17. The lowest BCUT2D eigenvalue weighted by molar-refractivity contribution is 0.00349. The predicted molar refractivity (Wildman–Crippen MR) is 24.2 cm³/mol. The quantitative estimate of drug-likeness (QED) is 0.493. The van der Waals surface area contributed by atoms with Gasteiger partial charge in [-0.1, -0.05) is 0 Å². The standard InChI is InChI=1S/C4H8NO2/c1-6-4-2-3-7-5-4/h2,4-5H,3H2,1H3. The highest BCUT2D eigenvalue weighted by Crippen LogP contribution is 1.97. The summed E-state index contributed by atoms with van der Waals surface area (Å²) in [4.78, 5) is 4.72. The van der Waals surface area contributed by atoms with Crippen molar-refractivity contribution >= 4 is 0 Å². The van der Waals surface area contributed by atoms with Gasteiger partial charge >= 0.3 is 0 Å². The number of nitrogens with one attached hydrogen (secondary N) is 1. The molecule has 3 nitrogen and oxygen atoms in total. The van der Waals surface area contributed by atoms with Crippen LogP contribution in [-0.4, -0.2) is 19.9 Å². The van der Waals surface area contributed by atoms with Crippen molar-refractivity contribution in [3.63, 3.8) is 0 Å². The number of hydroxylamine groups is 1. The monoisotopic (exact) mass is 102 g/mol. The molecule has 1 heterocycles. The fraction of sp³-hybridized carbons (Fsp3) is 0.750. The van der Waals surface area contributed by atoms with Crippen LogP contribution in [0.5, 0.6) is 0 Å². The molecular formula is C4H8NO2. The molecule has 0 amide bonds. The van der Waals surface area contributed by atoms with Crippen molar-refractivity contribution in [3.8, 4) is 0 Å². The topological polar surface area (TPSA) is 30.5 Å². The Labute approximate surface area is 42.6 Å². The number of hydrogen-bond donors (Lipinski definition) is 1. The Morgan fingerprint density at radius 2 is 2.86 bits per heavy atom. The van der Waals surface area contributed by atoms with E-state index in [1.165, 1.54) is 0 Å². The highest BCUT2D eigenvalue weighted by atomic mass is 16.7. The summed E-state index contributed by atoms with van der Waals surface area (Å²) < 4.78 is 4.82. The molecule has 1 atom stereocenters. The molecule has 0 aromatic rings. The summed E-state index contributed by atoms with van der Waals surface area (Å²) in [5.74, 6) is 0. The van der Waals surface area contributed by atoms with Crippen LogP contribution in [0.1, 0.15) is 0 Å². The minimum atomic E-state index is -0.000000000000000222. The summed E-state index contributed by atoms with van der Waals surface area (Å²) in [5, 5.41) is 0. The summed E-state index contributed by atoms with van der Waals surface area (Å²) in [6, 6.07) is 0. The summed E-state index contributed by atoms with van der Waals surface area (Å²) in [5.41, 5.74) is 2.63. The normalized spacial score (nSPS) is 31.3. The largest absolute Gasteiger partial charge is 0.364 e. The summed E-state index contributed by atoms with van der Waals surface area (Å²) in [6.45, 7) is 0.637. The SMILES string of the molecule is COC1[CH]CON1. The van der Waals surface area contributed by atoms with E-state index in [-0.39, 0.29) is 6.23 Å². The smallest absolute Gasteiger partial charge is 0.135 e. The number of hydrogen-bond acceptors (Lipinski definition) is 3. The van der Waals surface area contributed by atoms with Crippen LogP contribution >= 0.6 is 0 Å². The van der Waals surface area contributed by atoms with Crippen LogP contribution in [0.2, 0.25) is 0 Å². The van der Waals surface area contributed by atoms with Crippen LogP contribution in [0, 0.1) is 6.42 Å². The van der Waals surface area contributed by atoms with Gasteiger partial charge in [-0.15, -0.1) is 0 Å². The first kappa shape index (κ1) is 5.03. The Kier molecular flexibility index (Phi) is 1.62. The summed E-state index contributed by atoms with van der Waals surface area (Å²) in [6.07, 6.45) is 1.90. The number of ether oxygens (including phenoxy) is 1. The second-order valence-electron chi connectivity index (χ2n) is 1.32. The highest BCUT2D eigenvalue weighted by molar-refractivity contribution is 4.75. The van der Waals surface area contributed by atoms with Crippen molar-refractivity contribution in [2.75, 3.05) is 13.7 Å². The molecule has 1 saturated heterocycles. The van der Waals surface area contributed by atoms with Gasteiger partial charge in [-0.2, -0.15) is 5.48 Å². The molecule has 0 aliphatic carbocycles. The van der Waals surface area contributed by atoms with E-state index in [1.807, 2.05) is 6.42 Å². The third-order valence-corrected chi connectivity index (χ3v) is 0.847. The molecule has 1 rings (SSSR count). The lowest BCUT2D eigenvalue weighted by Crippen LogP contribution is -2.21. The van der Waals surface area contributed by atoms with Crippen molar-refractivity contribution in [1.82, 2.24) is 5.48 Å². The van der Waals surface area contributed by atoms with Crippen molar-refractivity contribution in [1.29, 1.82) is 0 Å². The van der Waals surface area contributed by atoms with Crippen LogP contribution in [-0.2, 0) is 9.57 Å². The minimum absolute atomic E-state index is 0.000000000000000222. The zero-order chi connectivity index (χ0) is 5.11. The summed E-state index contributed by atoms with van der Waals surface area (Å²) >= 11 is 0. The van der Waals surface area contributed by atoms with Gasteiger partial charge in [-0.3, -0.25) is 4.84 Å². The second-order valence-corrected chi connectivity index (χ2v) is 1.32. The van der Waals surface area contributed by atoms with Gasteiger partial charge in [-0.25, -0.2) is 0 Å². The fourth-order valence-electron chi connectivity index (χ4n) is 0.458. The highest BCUT2D eigenvalue weighted by Gasteiger charge is 2.12. The van der Waals surface area contributed by atoms with Gasteiger partial charge in [0.15, 0.2) is 0 Å². The van der Waals surface area contributed by atoms with Crippen LogP contribution in [0.15, 0.2) is 0 Å². The van der Waals surface area contributed by atoms with Crippen molar-refractivity contribution in [2.45, 2.75) is 6.23 Å². The molecule has 3 heteroatoms. The van der Waals surface area contributed by atoms with Crippen LogP contribution in [0.25, 0.3) is 0 Å². The lowest BCUT2D eigenvalue weighted by Gasteiger charge is -2.01. The molecule has 7 heavy (non-hydrogen) atoms. The van der Waals surface area contributed by atoms with Gasteiger partial charge in [0, 0.05) is 13.5 Å². The lowest BCUT2D eigenvalue weighted by atomic mass is 10.4. The van der Waals surface area contributed by atoms with E-state index in [4.69, 9.17) is 9.57 Å². The Hall–Kier alpha value is -0.120. The Bertz CT molecular complexity index is 51.7. The Balaban J connectivity index is 2.14. The molecular weight excluding hydrogens is 94.0 g/mol. The Morgan fingerprint density at radius 3 is 3.14 bits per heavy atom. The molecule has 1 aliphatic heterocycles. The predicted octanol–water partition coefficient (Wildman–Crippen LogP) is -0.302. The average molecular weight is 102 g/mol. The molecule has 1 aliphatic rings. The first-order valence-electron chi connectivity index (χ1n) is 2.17. The van der Waals surface area contributed by atoms with Gasteiger partial charge in [0.2, 0.25) is 0 Å². The molecule has 0 aromatic carbocycles. The maximum atomic E-state index is 4.82. The van der Waals surface area contributed by atoms with E-state index in [9.17, 15) is 0 Å². The van der Waals surface area contributed by atoms with E-state index in [0.29, 0.717) is 6.61 Å². The molecule has 1 N–H and O–H groups in total. The molecule has 1 fully saturated rings. The van der Waals surface area contributed by atoms with Gasteiger partial charge in [0.1, 0.15) is 6.23 Å². The third-order valence-electron chi connectivity index (χ3n) is 0.847. The van der Waals surface area contributed by atoms with E-state index >= 15 is 0 Å². The van der Waals surface area contributed by atoms with E-state index in [2.05, 4.69) is 5.48 Å². The molecule has 1 radical (unpaired) electrons. The Morgan fingerprint density at radius 1 is 2.00 bits per heavy atom. The molecule has 0 aromatic heterocycles. The molecule has 0 bridgehead atoms. The maximum Gasteiger partial charge on any atom is 0.135 e. The van der Waals surface area contributed by atoms with Gasteiger partial charge in [0.25, 0.3) is 0 Å². The van der Waals surface area contributed by atoms with Crippen LogP contribution in [0.4, 0.5) is 0 Å². The van der Waals surface area contributed by atoms with Gasteiger partial charge in [-0.05, 0) is 0 Å². The van der Waals surface area contributed by atoms with Crippen LogP contribution < -0.4 is 5.48 Å². The van der Waals surface area contributed by atoms with E-state index in [0.717, 1.165) is 0 Å². The van der Waals surface area contributed by atoms with Crippen molar-refractivity contribution in [2.24, 2.45) is 0 Å². The molecule has 1 unspecified atom stereocenters. The third kappa shape index (κ3) is 1.12. The zero-order valence-corrected chi connectivity index (χ0v) is 4.18. The maximum absolute atomic E-state index is 4.82. The van der Waals surface area contributed by atoms with Gasteiger partial charge in [0.05, 0.1) is 6.61 Å². The number of methoxy groups -OCH3 is 1. The molecule has 0 spiro atoms. The van der Waals surface area contributed by atoms with Crippen LogP contribution in [0.3, 0.4) is 0 Å². The first-order chi connectivity index (χ1) is 3.43. The average Bonchev–Trinajstić information content (AvgIpc) is 2.14. The second kappa shape index (κ2) is 2.26. The zero-order valence-electron chi connectivity index (χ0n) is 4.18. The fourth-order valence-corrected chi connectivity index (χ4v) is 0.458. The molecule has 0 saturated carbocycles. The molecule has 41 valence electrons. The van der Waals surface area contributed by atoms with E-state index < -0.39 is 0 Å². The van der Waals surface area contributed by atoms with Gasteiger partial charge < -0.3 is 4.74 Å². The minimum Gasteiger partial charge on any atom is -0.364 e. The van der Waals surface area contributed by atoms with Crippen molar-refractivity contribution in [3.05, 3.63) is 6.42 Å². The number of rotatable bonds is 1. The summed E-state index contributed by atoms with van der Waals surface area (Å²) in [7, 11) is 1.63.